The molecule has 28 heavy (non-hydrogen) atoms. The van der Waals surface area contributed by atoms with Gasteiger partial charge in [-0.3, -0.25) is 4.57 Å². The van der Waals surface area contributed by atoms with Gasteiger partial charge in [0.25, 0.3) is 0 Å². The van der Waals surface area contributed by atoms with Crippen LogP contribution < -0.4 is 14.8 Å². The third kappa shape index (κ3) is 3.40. The minimum absolute atomic E-state index is 0.0345. The van der Waals surface area contributed by atoms with E-state index < -0.39 is 0 Å². The molecule has 0 saturated carbocycles. The van der Waals surface area contributed by atoms with Crippen molar-refractivity contribution in [2.75, 3.05) is 25.3 Å². The van der Waals surface area contributed by atoms with Crippen LogP contribution in [0.25, 0.3) is 0 Å². The Bertz CT molecular complexity index is 991. The molecule has 1 unspecified atom stereocenters. The van der Waals surface area contributed by atoms with Gasteiger partial charge >= 0.3 is 0 Å². The van der Waals surface area contributed by atoms with Crippen molar-refractivity contribution in [1.29, 1.82) is 0 Å². The minimum Gasteiger partial charge on any atom is -0.493 e. The SMILES string of the molecule is COc1cc(C)c(Nc2nnc3n2C(c2ccc(F)cc2)CSC3)cc1OC. The zero-order chi connectivity index (χ0) is 19.7. The number of hydrogen-bond acceptors (Lipinski definition) is 6. The summed E-state index contributed by atoms with van der Waals surface area (Å²) in [6.07, 6.45) is 0. The van der Waals surface area contributed by atoms with Gasteiger partial charge in [-0.25, -0.2) is 4.39 Å². The first kappa shape index (κ1) is 18.6. The van der Waals surface area contributed by atoms with E-state index >= 15 is 0 Å². The Balaban J connectivity index is 1.71. The number of benzene rings is 2. The van der Waals surface area contributed by atoms with Gasteiger partial charge in [0.15, 0.2) is 11.5 Å². The van der Waals surface area contributed by atoms with Crippen LogP contribution in [-0.2, 0) is 5.75 Å². The quantitative estimate of drug-likeness (QED) is 0.688. The van der Waals surface area contributed by atoms with Crippen LogP contribution in [0.5, 0.6) is 11.5 Å². The number of fused-ring (bicyclic) bond motifs is 1. The highest BCUT2D eigenvalue weighted by Crippen LogP contribution is 2.37. The number of halogens is 1. The van der Waals surface area contributed by atoms with Crippen LogP contribution in [-0.4, -0.2) is 34.7 Å². The largest absolute Gasteiger partial charge is 0.493 e. The van der Waals surface area contributed by atoms with E-state index in [2.05, 4.69) is 20.1 Å². The Morgan fingerprint density at radius 2 is 1.82 bits per heavy atom. The highest BCUT2D eigenvalue weighted by Gasteiger charge is 2.27. The van der Waals surface area contributed by atoms with Gasteiger partial charge in [0.2, 0.25) is 5.95 Å². The standard InChI is InChI=1S/C20H21FN4O2S/c1-12-8-17(26-2)18(27-3)9-15(12)22-20-24-23-19-11-28-10-16(25(19)20)13-4-6-14(21)7-5-13/h4-9,16H,10-11H2,1-3H3,(H,22,24). The van der Waals surface area contributed by atoms with Crippen molar-refractivity contribution in [2.24, 2.45) is 0 Å². The third-order valence-corrected chi connectivity index (χ3v) is 5.83. The number of nitrogens with zero attached hydrogens (tertiary/aromatic N) is 3. The van der Waals surface area contributed by atoms with E-state index in [-0.39, 0.29) is 11.9 Å². The van der Waals surface area contributed by atoms with Gasteiger partial charge in [-0.2, -0.15) is 11.8 Å². The van der Waals surface area contributed by atoms with Crippen LogP contribution in [0, 0.1) is 12.7 Å². The molecule has 0 bridgehead atoms. The van der Waals surface area contributed by atoms with Crippen molar-refractivity contribution in [3.63, 3.8) is 0 Å². The Labute approximate surface area is 167 Å². The maximum Gasteiger partial charge on any atom is 0.229 e. The van der Waals surface area contributed by atoms with Crippen molar-refractivity contribution in [1.82, 2.24) is 14.8 Å². The zero-order valence-electron chi connectivity index (χ0n) is 15.9. The molecule has 6 nitrogen and oxygen atoms in total. The Kier molecular flexibility index (Phi) is 5.13. The molecule has 0 radical (unpaired) electrons. The molecule has 4 rings (SSSR count). The van der Waals surface area contributed by atoms with Gasteiger partial charge in [-0.1, -0.05) is 12.1 Å². The lowest BCUT2D eigenvalue weighted by atomic mass is 10.1. The van der Waals surface area contributed by atoms with Crippen LogP contribution in [0.2, 0.25) is 0 Å². The van der Waals surface area contributed by atoms with Crippen molar-refractivity contribution in [3.8, 4) is 11.5 Å². The number of aryl methyl sites for hydroxylation is 1. The molecule has 2 aromatic carbocycles. The van der Waals surface area contributed by atoms with E-state index in [0.717, 1.165) is 34.1 Å². The van der Waals surface area contributed by atoms with E-state index in [1.807, 2.05) is 31.2 Å². The van der Waals surface area contributed by atoms with Crippen LogP contribution in [0.15, 0.2) is 36.4 Å². The molecule has 146 valence electrons. The van der Waals surface area contributed by atoms with E-state index in [1.54, 1.807) is 26.0 Å². The van der Waals surface area contributed by atoms with Crippen molar-refractivity contribution in [3.05, 3.63) is 59.2 Å². The fraction of sp³-hybridized carbons (Fsp3) is 0.300. The van der Waals surface area contributed by atoms with Crippen LogP contribution in [0.1, 0.15) is 23.0 Å². The fourth-order valence-corrected chi connectivity index (χ4v) is 4.40. The average molecular weight is 400 g/mol. The summed E-state index contributed by atoms with van der Waals surface area (Å²) in [5.41, 5.74) is 2.89. The summed E-state index contributed by atoms with van der Waals surface area (Å²) in [6.45, 7) is 1.99. The number of rotatable bonds is 5. The van der Waals surface area contributed by atoms with Gasteiger partial charge < -0.3 is 14.8 Å². The first-order chi connectivity index (χ1) is 13.6. The smallest absolute Gasteiger partial charge is 0.229 e. The number of thioether (sulfide) groups is 1. The molecular weight excluding hydrogens is 379 g/mol. The highest BCUT2D eigenvalue weighted by atomic mass is 32.2. The highest BCUT2D eigenvalue weighted by molar-refractivity contribution is 7.98. The van der Waals surface area contributed by atoms with E-state index in [0.29, 0.717) is 17.4 Å². The number of aromatic nitrogens is 3. The number of nitrogens with one attached hydrogen (secondary N) is 1. The number of methoxy groups -OCH3 is 2. The monoisotopic (exact) mass is 400 g/mol. The van der Waals surface area contributed by atoms with Crippen molar-refractivity contribution >= 4 is 23.4 Å². The summed E-state index contributed by atoms with van der Waals surface area (Å²) >= 11 is 1.80. The Morgan fingerprint density at radius 3 is 2.54 bits per heavy atom. The second-order valence-corrected chi connectivity index (χ2v) is 7.57. The molecule has 1 aliphatic heterocycles. The normalized spacial score (nSPS) is 15.8. The second kappa shape index (κ2) is 7.71. The maximum atomic E-state index is 13.4. The molecule has 1 N–H and O–H groups in total. The molecule has 0 fully saturated rings. The summed E-state index contributed by atoms with van der Waals surface area (Å²) in [6, 6.07) is 10.5. The predicted octanol–water partition coefficient (Wildman–Crippen LogP) is 4.32. The molecule has 0 amide bonds. The van der Waals surface area contributed by atoms with Crippen molar-refractivity contribution in [2.45, 2.75) is 18.7 Å². The van der Waals surface area contributed by atoms with Crippen LogP contribution >= 0.6 is 11.8 Å². The maximum absolute atomic E-state index is 13.4. The lowest BCUT2D eigenvalue weighted by Gasteiger charge is -2.26. The first-order valence-corrected chi connectivity index (χ1v) is 10.0. The number of hydrogen-bond donors (Lipinski definition) is 1. The zero-order valence-corrected chi connectivity index (χ0v) is 16.7. The second-order valence-electron chi connectivity index (χ2n) is 6.54. The molecular formula is C20H21FN4O2S. The number of ether oxygens (including phenoxy) is 2. The van der Waals surface area contributed by atoms with E-state index in [9.17, 15) is 4.39 Å². The topological polar surface area (TPSA) is 61.2 Å². The van der Waals surface area contributed by atoms with Gasteiger partial charge in [0.1, 0.15) is 11.6 Å². The molecule has 1 atom stereocenters. The third-order valence-electron chi connectivity index (χ3n) is 4.82. The number of anilines is 2. The summed E-state index contributed by atoms with van der Waals surface area (Å²) in [7, 11) is 3.22. The lowest BCUT2D eigenvalue weighted by molar-refractivity contribution is 0.355. The van der Waals surface area contributed by atoms with E-state index in [4.69, 9.17) is 9.47 Å². The molecule has 8 heteroatoms. The fourth-order valence-electron chi connectivity index (χ4n) is 3.34. The molecule has 0 aliphatic carbocycles. The van der Waals surface area contributed by atoms with E-state index in [1.165, 1.54) is 12.1 Å². The Hall–Kier alpha value is -2.74. The van der Waals surface area contributed by atoms with Crippen LogP contribution in [0.3, 0.4) is 0 Å². The molecule has 1 aliphatic rings. The minimum atomic E-state index is -0.240. The predicted molar refractivity (Wildman–Crippen MR) is 108 cm³/mol. The van der Waals surface area contributed by atoms with Crippen LogP contribution in [0.4, 0.5) is 16.0 Å². The first-order valence-electron chi connectivity index (χ1n) is 8.87. The molecule has 2 heterocycles. The molecule has 0 saturated heterocycles. The van der Waals surface area contributed by atoms with Crippen molar-refractivity contribution < 1.29 is 13.9 Å². The molecule has 1 aromatic heterocycles. The molecule has 3 aromatic rings. The lowest BCUT2D eigenvalue weighted by Crippen LogP contribution is -2.21. The molecule has 0 spiro atoms. The van der Waals surface area contributed by atoms with Gasteiger partial charge in [-0.05, 0) is 36.2 Å². The summed E-state index contributed by atoms with van der Waals surface area (Å²) in [5, 5.41) is 12.1. The van der Waals surface area contributed by atoms with Gasteiger partial charge in [-0.15, -0.1) is 10.2 Å². The van der Waals surface area contributed by atoms with Gasteiger partial charge in [0.05, 0.1) is 26.0 Å². The average Bonchev–Trinajstić information content (AvgIpc) is 3.13. The summed E-state index contributed by atoms with van der Waals surface area (Å²) in [4.78, 5) is 0. The van der Waals surface area contributed by atoms with Gasteiger partial charge in [0, 0.05) is 17.5 Å². The summed E-state index contributed by atoms with van der Waals surface area (Å²) < 4.78 is 26.2. The Morgan fingerprint density at radius 1 is 1.11 bits per heavy atom. The summed E-state index contributed by atoms with van der Waals surface area (Å²) in [5.74, 6) is 4.28.